The number of aryl methyl sites for hydroxylation is 4. The van der Waals surface area contributed by atoms with E-state index < -0.39 is 0 Å². The molecule has 26 heteroatoms. The van der Waals surface area contributed by atoms with Crippen molar-refractivity contribution in [1.82, 2.24) is 75.6 Å². The minimum Gasteiger partial charge on any atom is -0.494 e. The molecule has 113 heavy (non-hydrogen) atoms. The van der Waals surface area contributed by atoms with E-state index in [9.17, 15) is 24.0 Å². The lowest BCUT2D eigenvalue weighted by molar-refractivity contribution is -0.123. The molecule has 6 fully saturated rings. The van der Waals surface area contributed by atoms with Crippen LogP contribution in [-0.4, -0.2) is 363 Å². The van der Waals surface area contributed by atoms with E-state index in [1.54, 1.807) is 35.2 Å². The van der Waals surface area contributed by atoms with E-state index in [0.717, 1.165) is 225 Å². The number of rotatable bonds is 38. The summed E-state index contributed by atoms with van der Waals surface area (Å²) in [5.41, 5.74) is 4.97. The van der Waals surface area contributed by atoms with Gasteiger partial charge in [-0.25, -0.2) is 0 Å². The van der Waals surface area contributed by atoms with Gasteiger partial charge in [0.25, 0.3) is 0 Å². The number of amides is 5. The maximum absolute atomic E-state index is 11.4. The number of piperazine rings is 4. The van der Waals surface area contributed by atoms with Gasteiger partial charge in [0.05, 0.1) is 65.8 Å². The summed E-state index contributed by atoms with van der Waals surface area (Å²) in [6.45, 7) is 45.3. The van der Waals surface area contributed by atoms with Gasteiger partial charge in [-0.3, -0.25) is 53.4 Å². The van der Waals surface area contributed by atoms with E-state index in [4.69, 9.17) is 28.4 Å². The van der Waals surface area contributed by atoms with Crippen molar-refractivity contribution in [3.8, 4) is 23.0 Å². The molecular formula is C87H145N15O11. The summed E-state index contributed by atoms with van der Waals surface area (Å²) in [7, 11) is 8.47. The first-order valence-electron chi connectivity index (χ1n) is 42.1. The molecule has 6 saturated heterocycles. The molecule has 5 N–H and O–H groups in total. The molecule has 6 heterocycles. The number of unbranched alkanes of at least 4 members (excludes halogenated alkanes) is 1. The summed E-state index contributed by atoms with van der Waals surface area (Å²) in [5.74, 6) is 5.70. The summed E-state index contributed by atoms with van der Waals surface area (Å²) in [6.07, 6.45) is 8.85. The number of ether oxygens (including phenoxy) is 6. The largest absolute Gasteiger partial charge is 0.494 e. The maximum atomic E-state index is 11.4. The van der Waals surface area contributed by atoms with Crippen molar-refractivity contribution in [2.75, 3.05) is 284 Å². The average Bonchev–Trinajstić information content (AvgIpc) is 0.840. The van der Waals surface area contributed by atoms with Gasteiger partial charge in [-0.2, -0.15) is 0 Å². The van der Waals surface area contributed by atoms with Crippen molar-refractivity contribution in [3.05, 3.63) is 119 Å². The molecule has 634 valence electrons. The highest BCUT2D eigenvalue weighted by molar-refractivity contribution is 5.79. The standard InChI is InChI=1S/C19H30N2O3.C18H29N3O3.C18H29N3O2.C17H27N3O2.C15H30N4O/c1-16-3-5-18(6-4-16)24-14-13-23-12-11-21-9-7-17(8-10-21)15-19(22)20-2;1-16-3-5-17(6-4-16)24-14-13-23-12-11-20-7-9-21(10-8-20)15-18(22)19-2;1-16-5-7-17(8-6-16)23-14-4-3-9-20-10-12-21(13-11-20)15-18(22)19-2;1-15-4-6-16(7-5-15)22-13-3-8-19-9-11-20(12-10-19)14-17(21)18-2;1-14-3-5-17(6-4-14)7-8-18-9-11-19(12-10-18)13-15(20)16-2/h3-6,17H,7-15H2,1-2H3,(H,20,22);3-6H,7-15H2,1-2H3,(H,19,22);5-8H,3-4,9-15H2,1-2H3,(H,19,22);4-7H,3,8-14H2,1-2H3,(H,18,21);14H,3-13H2,1-2H3,(H,16,20). The average molecular weight is 1580 g/mol. The molecule has 4 aromatic rings. The van der Waals surface area contributed by atoms with Crippen LogP contribution in [0.3, 0.4) is 0 Å². The Labute approximate surface area is 678 Å². The lowest BCUT2D eigenvalue weighted by atomic mass is 9.93. The molecule has 0 bridgehead atoms. The van der Waals surface area contributed by atoms with Crippen LogP contribution in [0.25, 0.3) is 0 Å². The monoisotopic (exact) mass is 1580 g/mol. The molecule has 0 atom stereocenters. The normalized spacial score (nSPS) is 17.6. The van der Waals surface area contributed by atoms with E-state index in [1.165, 1.54) is 61.3 Å². The molecule has 0 spiro atoms. The smallest absolute Gasteiger partial charge is 0.233 e. The topological polar surface area (TPSA) is 233 Å². The van der Waals surface area contributed by atoms with Gasteiger partial charge in [0.2, 0.25) is 29.5 Å². The van der Waals surface area contributed by atoms with Crippen molar-refractivity contribution in [1.29, 1.82) is 0 Å². The van der Waals surface area contributed by atoms with Crippen LogP contribution < -0.4 is 45.5 Å². The second-order valence-corrected chi connectivity index (χ2v) is 30.8. The molecular weight excluding hydrogens is 1430 g/mol. The fourth-order valence-electron chi connectivity index (χ4n) is 13.8. The summed E-state index contributed by atoms with van der Waals surface area (Å²) in [6, 6.07) is 32.5. The van der Waals surface area contributed by atoms with Crippen LogP contribution in [0.15, 0.2) is 97.1 Å². The number of carbonyl (C=O) groups is 5. The Hall–Kier alpha value is -7.05. The van der Waals surface area contributed by atoms with Crippen LogP contribution >= 0.6 is 0 Å². The van der Waals surface area contributed by atoms with Gasteiger partial charge >= 0.3 is 0 Å². The number of likely N-dealkylation sites (tertiary alicyclic amines) is 2. The first-order valence-corrected chi connectivity index (χ1v) is 42.1. The van der Waals surface area contributed by atoms with Crippen LogP contribution in [0.5, 0.6) is 23.0 Å². The second kappa shape index (κ2) is 57.1. The third-order valence-corrected chi connectivity index (χ3v) is 21.7. The zero-order valence-electron chi connectivity index (χ0n) is 70.9. The summed E-state index contributed by atoms with van der Waals surface area (Å²) in [4.78, 5) is 80.5. The summed E-state index contributed by atoms with van der Waals surface area (Å²) in [5, 5.41) is 13.4. The molecule has 0 aromatic heterocycles. The number of hydrogen-bond donors (Lipinski definition) is 5. The molecule has 0 saturated carbocycles. The van der Waals surface area contributed by atoms with Crippen molar-refractivity contribution in [2.24, 2.45) is 11.8 Å². The Morgan fingerprint density at radius 3 is 0.867 bits per heavy atom. The lowest BCUT2D eigenvalue weighted by Crippen LogP contribution is -2.50. The maximum Gasteiger partial charge on any atom is 0.233 e. The number of nitrogens with zero attached hydrogens (tertiary/aromatic N) is 10. The first kappa shape index (κ1) is 94.8. The Balaban J connectivity index is 0.000000220. The minimum atomic E-state index is 0.0837. The van der Waals surface area contributed by atoms with Crippen LogP contribution in [0.1, 0.15) is 80.5 Å². The van der Waals surface area contributed by atoms with E-state index in [1.807, 2.05) is 72.8 Å². The fourth-order valence-corrected chi connectivity index (χ4v) is 13.8. The zero-order chi connectivity index (χ0) is 81.1. The Bertz CT molecular complexity index is 3060. The van der Waals surface area contributed by atoms with Crippen molar-refractivity contribution in [2.45, 2.75) is 86.0 Å². The molecule has 0 unspecified atom stereocenters. The Kier molecular flexibility index (Phi) is 47.9. The van der Waals surface area contributed by atoms with Gasteiger partial charge < -0.3 is 74.6 Å². The van der Waals surface area contributed by atoms with E-state index in [0.29, 0.717) is 71.6 Å². The SMILES string of the molecule is CNC(=O)CC1CCN(CCOCCOc2ccc(C)cc2)CC1.CNC(=O)CN1CCN(CCCCOc2ccc(C)cc2)CC1.CNC(=O)CN1CCN(CCCOc2ccc(C)cc2)CC1.CNC(=O)CN1CCN(CCN2CCC(C)CC2)CC1.CNC(=O)CN1CCN(CCOCCOc2ccc(C)cc2)CC1. The zero-order valence-corrected chi connectivity index (χ0v) is 70.9. The number of piperidine rings is 2. The quantitative estimate of drug-likeness (QED) is 0.0338. The highest BCUT2D eigenvalue weighted by Gasteiger charge is 2.25. The highest BCUT2D eigenvalue weighted by atomic mass is 16.5. The predicted molar refractivity (Wildman–Crippen MR) is 453 cm³/mol. The van der Waals surface area contributed by atoms with E-state index >= 15 is 0 Å². The third-order valence-electron chi connectivity index (χ3n) is 21.7. The van der Waals surface area contributed by atoms with E-state index in [-0.39, 0.29) is 29.5 Å². The van der Waals surface area contributed by atoms with Gasteiger partial charge in [0, 0.05) is 179 Å². The summed E-state index contributed by atoms with van der Waals surface area (Å²) < 4.78 is 34.1. The van der Waals surface area contributed by atoms with Crippen molar-refractivity contribution >= 4 is 29.5 Å². The van der Waals surface area contributed by atoms with Crippen molar-refractivity contribution in [3.63, 3.8) is 0 Å². The van der Waals surface area contributed by atoms with Gasteiger partial charge in [-0.05, 0) is 166 Å². The summed E-state index contributed by atoms with van der Waals surface area (Å²) >= 11 is 0. The first-order chi connectivity index (χ1) is 54.8. The molecule has 26 nitrogen and oxygen atoms in total. The molecule has 6 aliphatic rings. The number of hydrogen-bond acceptors (Lipinski definition) is 21. The van der Waals surface area contributed by atoms with Crippen molar-refractivity contribution < 1.29 is 52.4 Å². The lowest BCUT2D eigenvalue weighted by Gasteiger charge is -2.36. The van der Waals surface area contributed by atoms with Gasteiger partial charge in [-0.15, -0.1) is 0 Å². The predicted octanol–water partition coefficient (Wildman–Crippen LogP) is 5.72. The Morgan fingerprint density at radius 2 is 0.540 bits per heavy atom. The second-order valence-electron chi connectivity index (χ2n) is 30.8. The minimum absolute atomic E-state index is 0.0837. The van der Waals surface area contributed by atoms with Crippen LogP contribution in [0, 0.1) is 39.5 Å². The number of nitrogens with one attached hydrogen (secondary N) is 5. The van der Waals surface area contributed by atoms with Gasteiger partial charge in [0.15, 0.2) is 0 Å². The van der Waals surface area contributed by atoms with Crippen LogP contribution in [0.4, 0.5) is 0 Å². The number of benzene rings is 4. The Morgan fingerprint density at radius 1 is 0.283 bits per heavy atom. The van der Waals surface area contributed by atoms with Crippen LogP contribution in [0.2, 0.25) is 0 Å². The van der Waals surface area contributed by atoms with Gasteiger partial charge in [0.1, 0.15) is 36.2 Å². The van der Waals surface area contributed by atoms with E-state index in [2.05, 4.69) is 134 Å². The number of carbonyl (C=O) groups excluding carboxylic acids is 5. The molecule has 0 aliphatic carbocycles. The van der Waals surface area contributed by atoms with Gasteiger partial charge in [-0.1, -0.05) is 77.7 Å². The third kappa shape index (κ3) is 42.9. The molecule has 10 rings (SSSR count). The highest BCUT2D eigenvalue weighted by Crippen LogP contribution is 2.22. The van der Waals surface area contributed by atoms with Crippen LogP contribution in [-0.2, 0) is 33.4 Å². The molecule has 6 aliphatic heterocycles. The molecule has 5 amide bonds. The fraction of sp³-hybridized carbons (Fsp3) is 0.667. The molecule has 4 aromatic carbocycles. The number of likely N-dealkylation sites (N-methyl/N-ethyl adjacent to an activating group) is 4. The molecule has 0 radical (unpaired) electrons.